The number of carbonyl (C=O) groups is 2. The van der Waals surface area contributed by atoms with Crippen molar-refractivity contribution >= 4 is 23.1 Å². The van der Waals surface area contributed by atoms with Crippen molar-refractivity contribution in [3.05, 3.63) is 93.9 Å². The molecule has 2 heterocycles. The van der Waals surface area contributed by atoms with Crippen molar-refractivity contribution in [2.75, 3.05) is 4.90 Å². The van der Waals surface area contributed by atoms with Gasteiger partial charge in [-0.2, -0.15) is 5.26 Å². The first-order valence-electron chi connectivity index (χ1n) is 11.0. The van der Waals surface area contributed by atoms with Gasteiger partial charge in [0.25, 0.3) is 11.7 Å². The minimum absolute atomic E-state index is 0.0298. The van der Waals surface area contributed by atoms with Crippen molar-refractivity contribution in [1.82, 2.24) is 0 Å². The number of Topliss-reactive ketones (excluding diaryl/α,β-unsaturated/α-hetero) is 1. The van der Waals surface area contributed by atoms with Crippen LogP contribution < -0.4 is 4.90 Å². The number of hydrogen-bond acceptors (Lipinski definition) is 5. The van der Waals surface area contributed by atoms with Crippen LogP contribution in [-0.4, -0.2) is 16.8 Å². The Balaban J connectivity index is 1.95. The van der Waals surface area contributed by atoms with Crippen molar-refractivity contribution in [1.29, 1.82) is 5.26 Å². The summed E-state index contributed by atoms with van der Waals surface area (Å²) in [6, 6.07) is 16.7. The van der Waals surface area contributed by atoms with E-state index >= 15 is 0 Å². The lowest BCUT2D eigenvalue weighted by Gasteiger charge is -2.24. The topological polar surface area (TPSA) is 94.5 Å². The molecule has 1 aliphatic heterocycles. The Hall–Kier alpha value is -4.11. The Morgan fingerprint density at radius 3 is 2.26 bits per heavy atom. The molecular formula is C28H26N2O4. The van der Waals surface area contributed by atoms with Gasteiger partial charge in [0.2, 0.25) is 0 Å². The monoisotopic (exact) mass is 454 g/mol. The number of nitriles is 1. The molecule has 0 aliphatic carbocycles. The van der Waals surface area contributed by atoms with Gasteiger partial charge >= 0.3 is 0 Å². The molecule has 4 rings (SSSR count). The summed E-state index contributed by atoms with van der Waals surface area (Å²) >= 11 is 0. The number of benzene rings is 2. The average Bonchev–Trinajstić information content (AvgIpc) is 3.33. The zero-order valence-electron chi connectivity index (χ0n) is 19.8. The van der Waals surface area contributed by atoms with E-state index in [-0.39, 0.29) is 16.7 Å². The van der Waals surface area contributed by atoms with Crippen LogP contribution in [0.5, 0.6) is 0 Å². The highest BCUT2D eigenvalue weighted by molar-refractivity contribution is 6.51. The fraction of sp³-hybridized carbons (Fsp3) is 0.250. The van der Waals surface area contributed by atoms with Crippen molar-refractivity contribution < 1.29 is 19.1 Å². The smallest absolute Gasteiger partial charge is 0.300 e. The molecule has 1 saturated heterocycles. The average molecular weight is 455 g/mol. The molecule has 172 valence electrons. The van der Waals surface area contributed by atoms with Crippen LogP contribution >= 0.6 is 0 Å². The van der Waals surface area contributed by atoms with E-state index in [0.717, 1.165) is 11.1 Å². The van der Waals surface area contributed by atoms with Gasteiger partial charge in [0, 0.05) is 11.3 Å². The molecule has 6 nitrogen and oxygen atoms in total. The third-order valence-corrected chi connectivity index (χ3v) is 6.11. The van der Waals surface area contributed by atoms with Gasteiger partial charge in [-0.05, 0) is 72.9 Å². The van der Waals surface area contributed by atoms with Crippen LogP contribution in [0.4, 0.5) is 5.69 Å². The number of amides is 1. The van der Waals surface area contributed by atoms with Crippen LogP contribution in [0.1, 0.15) is 60.6 Å². The fourth-order valence-electron chi connectivity index (χ4n) is 4.15. The summed E-state index contributed by atoms with van der Waals surface area (Å²) < 4.78 is 5.84. The Bertz CT molecular complexity index is 1360. The highest BCUT2D eigenvalue weighted by Crippen LogP contribution is 2.43. The van der Waals surface area contributed by atoms with Crippen LogP contribution in [-0.2, 0) is 15.0 Å². The minimum atomic E-state index is -0.945. The standard InChI is InChI=1S/C28H26N2O4/c1-16-6-10-19(28(3,4)5)14-21(16)25(31)23-24(22-13-7-17(2)34-22)30(27(33)26(23)32)20-11-8-18(15-29)9-12-20/h6-14,24,31H,1-5H3/b25-23+. The van der Waals surface area contributed by atoms with Gasteiger partial charge in [-0.15, -0.1) is 0 Å². The second kappa shape index (κ2) is 8.35. The van der Waals surface area contributed by atoms with Crippen LogP contribution in [0.2, 0.25) is 0 Å². The molecular weight excluding hydrogens is 428 g/mol. The molecule has 0 bridgehead atoms. The first-order chi connectivity index (χ1) is 16.0. The number of aliphatic hydroxyl groups is 1. The van der Waals surface area contributed by atoms with E-state index < -0.39 is 17.7 Å². The number of anilines is 1. The van der Waals surface area contributed by atoms with Crippen LogP contribution in [0.15, 0.2) is 64.6 Å². The normalized spacial score (nSPS) is 17.8. The van der Waals surface area contributed by atoms with E-state index in [1.54, 1.807) is 43.3 Å². The molecule has 1 unspecified atom stereocenters. The van der Waals surface area contributed by atoms with Gasteiger partial charge < -0.3 is 9.52 Å². The SMILES string of the molecule is Cc1ccc(C2/C(=C(\O)c3cc(C(C)(C)C)ccc3C)C(=O)C(=O)N2c2ccc(C#N)cc2)o1. The van der Waals surface area contributed by atoms with E-state index in [2.05, 4.69) is 20.8 Å². The molecule has 1 aromatic heterocycles. The number of hydrogen-bond donors (Lipinski definition) is 1. The zero-order valence-corrected chi connectivity index (χ0v) is 19.8. The summed E-state index contributed by atoms with van der Waals surface area (Å²) in [7, 11) is 0. The molecule has 1 aliphatic rings. The van der Waals surface area contributed by atoms with Gasteiger partial charge in [0.05, 0.1) is 17.2 Å². The second-order valence-corrected chi connectivity index (χ2v) is 9.56. The molecule has 1 atom stereocenters. The van der Waals surface area contributed by atoms with Crippen LogP contribution in [0.25, 0.3) is 5.76 Å². The number of aryl methyl sites for hydroxylation is 2. The van der Waals surface area contributed by atoms with Crippen molar-refractivity contribution in [2.45, 2.75) is 46.1 Å². The number of aliphatic hydroxyl groups excluding tert-OH is 1. The van der Waals surface area contributed by atoms with Crippen molar-refractivity contribution in [3.8, 4) is 6.07 Å². The molecule has 6 heteroatoms. The highest BCUT2D eigenvalue weighted by atomic mass is 16.3. The predicted octanol–water partition coefficient (Wildman–Crippen LogP) is 5.69. The maximum absolute atomic E-state index is 13.3. The molecule has 1 N–H and O–H groups in total. The number of furan rings is 1. The summed E-state index contributed by atoms with van der Waals surface area (Å²) in [5.74, 6) is -0.813. The maximum Gasteiger partial charge on any atom is 0.300 e. The Kier molecular flexibility index (Phi) is 5.66. The Morgan fingerprint density at radius 1 is 1.03 bits per heavy atom. The third kappa shape index (κ3) is 3.90. The number of nitrogens with zero attached hydrogens (tertiary/aromatic N) is 2. The van der Waals surface area contributed by atoms with E-state index in [1.807, 2.05) is 31.2 Å². The van der Waals surface area contributed by atoms with E-state index in [1.165, 1.54) is 4.90 Å². The molecule has 3 aromatic rings. The lowest BCUT2D eigenvalue weighted by molar-refractivity contribution is -0.132. The molecule has 2 aromatic carbocycles. The van der Waals surface area contributed by atoms with Crippen LogP contribution in [0.3, 0.4) is 0 Å². The quantitative estimate of drug-likeness (QED) is 0.312. The van der Waals surface area contributed by atoms with Gasteiger partial charge in [-0.3, -0.25) is 14.5 Å². The maximum atomic E-state index is 13.3. The largest absolute Gasteiger partial charge is 0.507 e. The summed E-state index contributed by atoms with van der Waals surface area (Å²) in [5.41, 5.74) is 2.93. The molecule has 1 amide bonds. The predicted molar refractivity (Wildman–Crippen MR) is 129 cm³/mol. The second-order valence-electron chi connectivity index (χ2n) is 9.56. The van der Waals surface area contributed by atoms with E-state index in [0.29, 0.717) is 28.3 Å². The van der Waals surface area contributed by atoms with Gasteiger partial charge in [0.15, 0.2) is 0 Å². The first-order valence-corrected chi connectivity index (χ1v) is 11.0. The van der Waals surface area contributed by atoms with Crippen molar-refractivity contribution in [2.24, 2.45) is 0 Å². The number of carbonyl (C=O) groups excluding carboxylic acids is 2. The molecule has 1 fully saturated rings. The molecule has 0 radical (unpaired) electrons. The summed E-state index contributed by atoms with van der Waals surface area (Å²) in [6.45, 7) is 9.82. The minimum Gasteiger partial charge on any atom is -0.507 e. The molecule has 34 heavy (non-hydrogen) atoms. The number of ketones is 1. The van der Waals surface area contributed by atoms with Gasteiger partial charge in [-0.25, -0.2) is 0 Å². The lowest BCUT2D eigenvalue weighted by atomic mass is 9.84. The Labute approximate surface area is 198 Å². The fourth-order valence-corrected chi connectivity index (χ4v) is 4.15. The summed E-state index contributed by atoms with van der Waals surface area (Å²) in [5, 5.41) is 20.6. The van der Waals surface area contributed by atoms with Crippen molar-refractivity contribution in [3.63, 3.8) is 0 Å². The zero-order chi connectivity index (χ0) is 24.8. The van der Waals surface area contributed by atoms with Gasteiger partial charge in [0.1, 0.15) is 23.3 Å². The van der Waals surface area contributed by atoms with Gasteiger partial charge in [-0.1, -0.05) is 32.9 Å². The number of rotatable bonds is 3. The third-order valence-electron chi connectivity index (χ3n) is 6.11. The molecule has 0 saturated carbocycles. The Morgan fingerprint density at radius 2 is 1.71 bits per heavy atom. The lowest BCUT2D eigenvalue weighted by Crippen LogP contribution is -2.29. The van der Waals surface area contributed by atoms with Crippen LogP contribution in [0, 0.1) is 25.2 Å². The summed E-state index contributed by atoms with van der Waals surface area (Å²) in [6.07, 6.45) is 0. The highest BCUT2D eigenvalue weighted by Gasteiger charge is 2.48. The molecule has 0 spiro atoms. The summed E-state index contributed by atoms with van der Waals surface area (Å²) in [4.78, 5) is 27.9. The first kappa shape index (κ1) is 23.1. The van der Waals surface area contributed by atoms with E-state index in [4.69, 9.17) is 9.68 Å². The van der Waals surface area contributed by atoms with E-state index in [9.17, 15) is 14.7 Å².